The maximum absolute atomic E-state index is 9.25. The second-order valence-corrected chi connectivity index (χ2v) is 5.98. The predicted molar refractivity (Wildman–Crippen MR) is 79.2 cm³/mol. The van der Waals surface area contributed by atoms with Crippen LogP contribution in [-0.4, -0.2) is 22.7 Å². The number of aliphatic hydroxyl groups is 1. The van der Waals surface area contributed by atoms with E-state index >= 15 is 0 Å². The predicted octanol–water partition coefficient (Wildman–Crippen LogP) is 3.37. The van der Waals surface area contributed by atoms with Crippen LogP contribution in [-0.2, 0) is 6.61 Å². The van der Waals surface area contributed by atoms with Crippen molar-refractivity contribution < 1.29 is 5.11 Å². The summed E-state index contributed by atoms with van der Waals surface area (Å²) in [7, 11) is 0. The number of rotatable bonds is 6. The number of anilines is 1. The number of aliphatic hydroxyl groups excluding tert-OH is 1. The quantitative estimate of drug-likeness (QED) is 0.854. The van der Waals surface area contributed by atoms with E-state index in [0.717, 1.165) is 18.2 Å². The molecule has 0 spiro atoms. The summed E-state index contributed by atoms with van der Waals surface area (Å²) < 4.78 is 0. The van der Waals surface area contributed by atoms with Crippen LogP contribution in [0.1, 0.15) is 51.6 Å². The highest BCUT2D eigenvalue weighted by atomic mass is 16.3. The molecule has 0 aromatic carbocycles. The van der Waals surface area contributed by atoms with Gasteiger partial charge in [0, 0.05) is 24.5 Å². The average molecular weight is 262 g/mol. The van der Waals surface area contributed by atoms with Gasteiger partial charge in [-0.1, -0.05) is 26.7 Å². The first-order valence-corrected chi connectivity index (χ1v) is 7.53. The third-order valence-electron chi connectivity index (χ3n) is 4.01. The Hall–Kier alpha value is -1.09. The third-order valence-corrected chi connectivity index (χ3v) is 4.01. The van der Waals surface area contributed by atoms with Crippen molar-refractivity contribution in [1.29, 1.82) is 0 Å². The SMILES string of the molecule is CC(C)CCN(c1ccnc(CO)c1)C1CCCC1. The molecule has 1 aliphatic carbocycles. The number of pyridine rings is 1. The fraction of sp³-hybridized carbons (Fsp3) is 0.688. The van der Waals surface area contributed by atoms with Crippen molar-refractivity contribution in [2.45, 2.75) is 58.6 Å². The Kier molecular flexibility index (Phi) is 5.20. The molecule has 2 rings (SSSR count). The van der Waals surface area contributed by atoms with Crippen LogP contribution in [0.15, 0.2) is 18.3 Å². The maximum Gasteiger partial charge on any atom is 0.0853 e. The fourth-order valence-electron chi connectivity index (χ4n) is 2.87. The van der Waals surface area contributed by atoms with Crippen molar-refractivity contribution in [2.24, 2.45) is 5.92 Å². The maximum atomic E-state index is 9.25. The van der Waals surface area contributed by atoms with E-state index in [1.807, 2.05) is 12.3 Å². The number of hydrogen-bond acceptors (Lipinski definition) is 3. The fourth-order valence-corrected chi connectivity index (χ4v) is 2.87. The lowest BCUT2D eigenvalue weighted by atomic mass is 10.1. The van der Waals surface area contributed by atoms with Gasteiger partial charge >= 0.3 is 0 Å². The minimum atomic E-state index is 0.0243. The van der Waals surface area contributed by atoms with Crippen LogP contribution < -0.4 is 4.90 Å². The van der Waals surface area contributed by atoms with Crippen LogP contribution in [0.4, 0.5) is 5.69 Å². The largest absolute Gasteiger partial charge is 0.390 e. The lowest BCUT2D eigenvalue weighted by molar-refractivity contribution is 0.277. The summed E-state index contributed by atoms with van der Waals surface area (Å²) in [5.41, 5.74) is 2.00. The van der Waals surface area contributed by atoms with E-state index < -0.39 is 0 Å². The Bertz CT molecular complexity index is 386. The summed E-state index contributed by atoms with van der Waals surface area (Å²) >= 11 is 0. The molecule has 1 aromatic heterocycles. The highest BCUT2D eigenvalue weighted by Crippen LogP contribution is 2.29. The average Bonchev–Trinajstić information content (AvgIpc) is 2.93. The molecular formula is C16H26N2O. The Morgan fingerprint density at radius 1 is 1.37 bits per heavy atom. The monoisotopic (exact) mass is 262 g/mol. The van der Waals surface area contributed by atoms with Crippen LogP contribution in [0.25, 0.3) is 0 Å². The second-order valence-electron chi connectivity index (χ2n) is 5.98. The molecule has 3 heteroatoms. The molecule has 1 aromatic rings. The summed E-state index contributed by atoms with van der Waals surface area (Å²) in [5, 5.41) is 9.25. The molecule has 0 aliphatic heterocycles. The van der Waals surface area contributed by atoms with Gasteiger partial charge in [-0.15, -0.1) is 0 Å². The molecule has 0 radical (unpaired) electrons. The molecule has 0 amide bonds. The summed E-state index contributed by atoms with van der Waals surface area (Å²) in [5.74, 6) is 0.725. The number of nitrogens with zero attached hydrogens (tertiary/aromatic N) is 2. The normalized spacial score (nSPS) is 16.2. The molecule has 1 aliphatic rings. The zero-order chi connectivity index (χ0) is 13.7. The van der Waals surface area contributed by atoms with Crippen LogP contribution in [0.5, 0.6) is 0 Å². The van der Waals surface area contributed by atoms with Crippen molar-refractivity contribution >= 4 is 5.69 Å². The summed E-state index contributed by atoms with van der Waals surface area (Å²) in [6.45, 7) is 5.69. The molecule has 0 unspecified atom stereocenters. The standard InChI is InChI=1S/C16H26N2O/c1-13(2)8-10-18(15-5-3-4-6-15)16-7-9-17-14(11-16)12-19/h7,9,11,13,15,19H,3-6,8,10,12H2,1-2H3. The highest BCUT2D eigenvalue weighted by molar-refractivity contribution is 5.47. The van der Waals surface area contributed by atoms with Crippen molar-refractivity contribution in [3.05, 3.63) is 24.0 Å². The van der Waals surface area contributed by atoms with Crippen molar-refractivity contribution in [1.82, 2.24) is 4.98 Å². The third kappa shape index (κ3) is 3.93. The molecule has 0 saturated heterocycles. The first-order chi connectivity index (χ1) is 9.20. The number of hydrogen-bond donors (Lipinski definition) is 1. The van der Waals surface area contributed by atoms with E-state index in [4.69, 9.17) is 0 Å². The van der Waals surface area contributed by atoms with Gasteiger partial charge in [-0.25, -0.2) is 0 Å². The van der Waals surface area contributed by atoms with Crippen molar-refractivity contribution in [3.8, 4) is 0 Å². The molecule has 106 valence electrons. The van der Waals surface area contributed by atoms with Gasteiger partial charge in [0.2, 0.25) is 0 Å². The smallest absolute Gasteiger partial charge is 0.0853 e. The second kappa shape index (κ2) is 6.90. The molecule has 1 fully saturated rings. The van der Waals surface area contributed by atoms with Crippen LogP contribution in [0.2, 0.25) is 0 Å². The first-order valence-electron chi connectivity index (χ1n) is 7.53. The lowest BCUT2D eigenvalue weighted by Crippen LogP contribution is -2.34. The summed E-state index contributed by atoms with van der Waals surface area (Å²) in [4.78, 5) is 6.72. The van der Waals surface area contributed by atoms with Gasteiger partial charge in [-0.05, 0) is 37.3 Å². The molecule has 19 heavy (non-hydrogen) atoms. The zero-order valence-corrected chi connectivity index (χ0v) is 12.2. The molecule has 0 bridgehead atoms. The molecule has 1 saturated carbocycles. The Morgan fingerprint density at radius 3 is 2.74 bits per heavy atom. The number of aromatic nitrogens is 1. The summed E-state index contributed by atoms with van der Waals surface area (Å²) in [6, 6.07) is 4.80. The molecular weight excluding hydrogens is 236 g/mol. The molecule has 0 atom stereocenters. The van der Waals surface area contributed by atoms with Gasteiger partial charge in [-0.3, -0.25) is 4.98 Å². The van der Waals surface area contributed by atoms with E-state index in [1.165, 1.54) is 37.8 Å². The Morgan fingerprint density at radius 2 is 2.11 bits per heavy atom. The van der Waals surface area contributed by atoms with E-state index in [1.54, 1.807) is 0 Å². The van der Waals surface area contributed by atoms with Crippen molar-refractivity contribution in [2.75, 3.05) is 11.4 Å². The molecule has 3 nitrogen and oxygen atoms in total. The van der Waals surface area contributed by atoms with E-state index in [0.29, 0.717) is 6.04 Å². The minimum absolute atomic E-state index is 0.0243. The Balaban J connectivity index is 2.14. The topological polar surface area (TPSA) is 36.4 Å². The van der Waals surface area contributed by atoms with Gasteiger partial charge in [-0.2, -0.15) is 0 Å². The highest BCUT2D eigenvalue weighted by Gasteiger charge is 2.23. The molecule has 1 N–H and O–H groups in total. The molecule has 1 heterocycles. The van der Waals surface area contributed by atoms with E-state index in [-0.39, 0.29) is 6.61 Å². The zero-order valence-electron chi connectivity index (χ0n) is 12.2. The van der Waals surface area contributed by atoms with Gasteiger partial charge < -0.3 is 10.0 Å². The van der Waals surface area contributed by atoms with E-state index in [9.17, 15) is 5.11 Å². The van der Waals surface area contributed by atoms with Crippen LogP contribution >= 0.6 is 0 Å². The van der Waals surface area contributed by atoms with Gasteiger partial charge in [0.25, 0.3) is 0 Å². The minimum Gasteiger partial charge on any atom is -0.390 e. The first kappa shape index (κ1) is 14.3. The Labute approximate surface area is 116 Å². The van der Waals surface area contributed by atoms with Crippen molar-refractivity contribution in [3.63, 3.8) is 0 Å². The van der Waals surface area contributed by atoms with Gasteiger partial charge in [0.15, 0.2) is 0 Å². The van der Waals surface area contributed by atoms with Gasteiger partial charge in [0.1, 0.15) is 0 Å². The lowest BCUT2D eigenvalue weighted by Gasteiger charge is -2.32. The van der Waals surface area contributed by atoms with E-state index in [2.05, 4.69) is 29.8 Å². The van der Waals surface area contributed by atoms with Crippen LogP contribution in [0.3, 0.4) is 0 Å². The summed E-state index contributed by atoms with van der Waals surface area (Å²) in [6.07, 6.45) is 8.33. The van der Waals surface area contributed by atoms with Crippen LogP contribution in [0, 0.1) is 5.92 Å². The van der Waals surface area contributed by atoms with Gasteiger partial charge in [0.05, 0.1) is 12.3 Å².